The number of amides is 1. The van der Waals surface area contributed by atoms with E-state index in [0.29, 0.717) is 16.4 Å². The van der Waals surface area contributed by atoms with Gasteiger partial charge in [-0.05, 0) is 30.3 Å². The predicted molar refractivity (Wildman–Crippen MR) is 70.2 cm³/mol. The van der Waals surface area contributed by atoms with Crippen LogP contribution >= 0.6 is 11.6 Å². The molecule has 0 heterocycles. The topological polar surface area (TPSA) is 55.1 Å². The summed E-state index contributed by atoms with van der Waals surface area (Å²) in [5.74, 6) is -1.14. The zero-order valence-electron chi connectivity index (χ0n) is 9.28. The van der Waals surface area contributed by atoms with E-state index >= 15 is 0 Å². The molecule has 2 rings (SSSR count). The maximum atomic E-state index is 13.4. The van der Waals surface area contributed by atoms with Crippen LogP contribution in [0.5, 0.6) is 0 Å². The third-order valence-corrected chi connectivity index (χ3v) is 2.67. The van der Waals surface area contributed by atoms with Gasteiger partial charge in [0.2, 0.25) is 0 Å². The van der Waals surface area contributed by atoms with Crippen molar-refractivity contribution in [3.63, 3.8) is 0 Å². The van der Waals surface area contributed by atoms with Gasteiger partial charge in [-0.25, -0.2) is 4.39 Å². The molecule has 2 aromatic carbocycles. The van der Waals surface area contributed by atoms with E-state index in [4.69, 9.17) is 17.3 Å². The van der Waals surface area contributed by atoms with Crippen LogP contribution in [0.2, 0.25) is 5.02 Å². The summed E-state index contributed by atoms with van der Waals surface area (Å²) in [7, 11) is 0. The van der Waals surface area contributed by atoms with Gasteiger partial charge in [0, 0.05) is 5.69 Å². The lowest BCUT2D eigenvalue weighted by atomic mass is 10.2. The lowest BCUT2D eigenvalue weighted by Crippen LogP contribution is -2.13. The Balaban J connectivity index is 2.24. The van der Waals surface area contributed by atoms with Crippen molar-refractivity contribution in [1.82, 2.24) is 0 Å². The number of hydrogen-bond acceptors (Lipinski definition) is 2. The second kappa shape index (κ2) is 5.06. The van der Waals surface area contributed by atoms with E-state index in [9.17, 15) is 9.18 Å². The number of nitrogens with one attached hydrogen (secondary N) is 1. The Bertz CT molecular complexity index is 601. The van der Waals surface area contributed by atoms with Crippen molar-refractivity contribution in [3.05, 3.63) is 58.9 Å². The summed E-state index contributed by atoms with van der Waals surface area (Å²) in [5.41, 5.74) is 6.38. The predicted octanol–water partition coefficient (Wildman–Crippen LogP) is 3.31. The van der Waals surface area contributed by atoms with Crippen molar-refractivity contribution in [3.8, 4) is 0 Å². The van der Waals surface area contributed by atoms with Gasteiger partial charge in [-0.3, -0.25) is 4.79 Å². The molecule has 1 amide bonds. The molecule has 3 nitrogen and oxygen atoms in total. The Labute approximate surface area is 108 Å². The first-order valence-electron chi connectivity index (χ1n) is 5.19. The van der Waals surface area contributed by atoms with Crippen LogP contribution in [0, 0.1) is 5.82 Å². The molecule has 0 saturated carbocycles. The summed E-state index contributed by atoms with van der Waals surface area (Å²) in [6, 6.07) is 10.4. The van der Waals surface area contributed by atoms with Crippen LogP contribution in [-0.4, -0.2) is 5.91 Å². The molecule has 0 atom stereocenters. The number of nitrogens with two attached hydrogens (primary N) is 1. The third kappa shape index (κ3) is 2.60. The zero-order chi connectivity index (χ0) is 13.1. The number of benzene rings is 2. The van der Waals surface area contributed by atoms with Crippen LogP contribution in [0.4, 0.5) is 15.8 Å². The van der Waals surface area contributed by atoms with E-state index in [0.717, 1.165) is 0 Å². The minimum absolute atomic E-state index is 0.0367. The molecule has 0 aliphatic rings. The quantitative estimate of drug-likeness (QED) is 0.818. The summed E-state index contributed by atoms with van der Waals surface area (Å²) in [6.07, 6.45) is 0. The molecule has 2 aromatic rings. The average molecular weight is 265 g/mol. The Hall–Kier alpha value is -2.07. The fourth-order valence-corrected chi connectivity index (χ4v) is 1.70. The van der Waals surface area contributed by atoms with Crippen LogP contribution in [0.3, 0.4) is 0 Å². The summed E-state index contributed by atoms with van der Waals surface area (Å²) in [5, 5.41) is 2.83. The molecule has 0 aliphatic heterocycles. The molecule has 0 radical (unpaired) electrons. The maximum absolute atomic E-state index is 13.4. The van der Waals surface area contributed by atoms with Crippen LogP contribution in [-0.2, 0) is 0 Å². The summed E-state index contributed by atoms with van der Waals surface area (Å²) >= 11 is 5.91. The number of carbonyl (C=O) groups excluding carboxylic acids is 1. The summed E-state index contributed by atoms with van der Waals surface area (Å²) in [4.78, 5) is 11.8. The fourth-order valence-electron chi connectivity index (χ4n) is 1.47. The minimum Gasteiger partial charge on any atom is -0.399 e. The van der Waals surface area contributed by atoms with Gasteiger partial charge < -0.3 is 11.1 Å². The minimum atomic E-state index is -0.582. The smallest absolute Gasteiger partial charge is 0.258 e. The first-order chi connectivity index (χ1) is 8.58. The summed E-state index contributed by atoms with van der Waals surface area (Å²) in [6.45, 7) is 0. The average Bonchev–Trinajstić information content (AvgIpc) is 2.33. The first kappa shape index (κ1) is 12.4. The van der Waals surface area contributed by atoms with Gasteiger partial charge in [-0.2, -0.15) is 0 Å². The standard InChI is InChI=1S/C13H10ClFN2O/c14-10-7-8(16)5-6-12(10)17-13(18)9-3-1-2-4-11(9)15/h1-7H,16H2,(H,17,18). The van der Waals surface area contributed by atoms with Crippen LogP contribution in [0.25, 0.3) is 0 Å². The van der Waals surface area contributed by atoms with Gasteiger partial charge in [0.15, 0.2) is 0 Å². The van der Waals surface area contributed by atoms with Crippen molar-refractivity contribution < 1.29 is 9.18 Å². The first-order valence-corrected chi connectivity index (χ1v) is 5.56. The maximum Gasteiger partial charge on any atom is 0.258 e. The fraction of sp³-hybridized carbons (Fsp3) is 0. The molecule has 0 spiro atoms. The molecule has 5 heteroatoms. The van der Waals surface area contributed by atoms with Gasteiger partial charge in [0.25, 0.3) is 5.91 Å². The highest BCUT2D eigenvalue weighted by atomic mass is 35.5. The number of rotatable bonds is 2. The molecule has 0 unspecified atom stereocenters. The third-order valence-electron chi connectivity index (χ3n) is 2.36. The Morgan fingerprint density at radius 2 is 1.94 bits per heavy atom. The Morgan fingerprint density at radius 1 is 1.22 bits per heavy atom. The van der Waals surface area contributed by atoms with Gasteiger partial charge >= 0.3 is 0 Å². The number of anilines is 2. The van der Waals surface area contributed by atoms with Crippen molar-refractivity contribution in [2.45, 2.75) is 0 Å². The largest absolute Gasteiger partial charge is 0.399 e. The van der Waals surface area contributed by atoms with Crippen molar-refractivity contribution >= 4 is 28.9 Å². The molecular formula is C13H10ClFN2O. The summed E-state index contributed by atoms with van der Waals surface area (Å²) < 4.78 is 13.4. The van der Waals surface area contributed by atoms with Gasteiger partial charge in [-0.1, -0.05) is 23.7 Å². The number of carbonyl (C=O) groups is 1. The Morgan fingerprint density at radius 3 is 2.61 bits per heavy atom. The highest BCUT2D eigenvalue weighted by molar-refractivity contribution is 6.34. The highest BCUT2D eigenvalue weighted by Crippen LogP contribution is 2.24. The number of halogens is 2. The van der Waals surface area contributed by atoms with E-state index in [1.807, 2.05) is 0 Å². The van der Waals surface area contributed by atoms with E-state index in [1.165, 1.54) is 24.3 Å². The molecule has 0 saturated heterocycles. The molecule has 0 aromatic heterocycles. The zero-order valence-corrected chi connectivity index (χ0v) is 10.0. The molecule has 0 bridgehead atoms. The van der Waals surface area contributed by atoms with Crippen LogP contribution in [0.1, 0.15) is 10.4 Å². The van der Waals surface area contributed by atoms with E-state index in [-0.39, 0.29) is 5.56 Å². The molecule has 92 valence electrons. The number of nitrogen functional groups attached to an aromatic ring is 1. The van der Waals surface area contributed by atoms with Gasteiger partial charge in [0.05, 0.1) is 16.3 Å². The molecule has 3 N–H and O–H groups in total. The van der Waals surface area contributed by atoms with Crippen LogP contribution < -0.4 is 11.1 Å². The lowest BCUT2D eigenvalue weighted by molar-refractivity contribution is 0.102. The monoisotopic (exact) mass is 264 g/mol. The number of hydrogen-bond donors (Lipinski definition) is 2. The Kier molecular flexibility index (Phi) is 3.48. The van der Waals surface area contributed by atoms with Gasteiger partial charge in [0.1, 0.15) is 5.82 Å². The molecule has 18 heavy (non-hydrogen) atoms. The van der Waals surface area contributed by atoms with E-state index in [1.54, 1.807) is 18.2 Å². The van der Waals surface area contributed by atoms with E-state index < -0.39 is 11.7 Å². The molecule has 0 fully saturated rings. The lowest BCUT2D eigenvalue weighted by Gasteiger charge is -2.08. The van der Waals surface area contributed by atoms with Crippen molar-refractivity contribution in [1.29, 1.82) is 0 Å². The molecule has 0 aliphatic carbocycles. The second-order valence-electron chi connectivity index (χ2n) is 3.67. The normalized spacial score (nSPS) is 10.1. The van der Waals surface area contributed by atoms with E-state index in [2.05, 4.69) is 5.32 Å². The molecular weight excluding hydrogens is 255 g/mol. The second-order valence-corrected chi connectivity index (χ2v) is 4.08. The van der Waals surface area contributed by atoms with Crippen molar-refractivity contribution in [2.75, 3.05) is 11.1 Å². The van der Waals surface area contributed by atoms with Crippen LogP contribution in [0.15, 0.2) is 42.5 Å². The SMILES string of the molecule is Nc1ccc(NC(=O)c2ccccc2F)c(Cl)c1. The van der Waals surface area contributed by atoms with Gasteiger partial charge in [-0.15, -0.1) is 0 Å². The van der Waals surface area contributed by atoms with Crippen molar-refractivity contribution in [2.24, 2.45) is 0 Å². The highest BCUT2D eigenvalue weighted by Gasteiger charge is 2.12.